The molecule has 4 nitrogen and oxygen atoms in total. The normalized spacial score (nSPS) is 26.0. The molecule has 0 amide bonds. The van der Waals surface area contributed by atoms with Crippen LogP contribution in [0.15, 0.2) is 35.3 Å². The molecule has 0 aromatic heterocycles. The third-order valence-electron chi connectivity index (χ3n) is 7.42. The van der Waals surface area contributed by atoms with Crippen molar-refractivity contribution in [3.63, 3.8) is 0 Å². The molecule has 4 aliphatic heterocycles. The van der Waals surface area contributed by atoms with Gasteiger partial charge in [-0.3, -0.25) is 4.99 Å². The van der Waals surface area contributed by atoms with E-state index in [4.69, 9.17) is 9.73 Å². The Bertz CT molecular complexity index is 1020. The summed E-state index contributed by atoms with van der Waals surface area (Å²) < 4.78 is 7.01. The number of fused-ring (bicyclic) bond motifs is 3. The van der Waals surface area contributed by atoms with Gasteiger partial charge in [0.15, 0.2) is 5.75 Å². The molecule has 0 saturated carbocycles. The number of anilines is 2. The first kappa shape index (κ1) is 16.5. The lowest BCUT2D eigenvalue weighted by Crippen LogP contribution is -2.61. The minimum atomic E-state index is -0.592. The van der Waals surface area contributed by atoms with Gasteiger partial charge in [0.1, 0.15) is 5.69 Å². The second-order valence-electron chi connectivity index (χ2n) is 9.16. The van der Waals surface area contributed by atoms with Crippen LogP contribution in [0.25, 0.3) is 0 Å². The SMILES string of the molecule is CN1c2ccccc2C(C)(C)C12C=Nc1cc3c4c(c1O2)CCCN4CCC3. The first-order chi connectivity index (χ1) is 13.5. The molecule has 2 aromatic rings. The van der Waals surface area contributed by atoms with Gasteiger partial charge in [0.2, 0.25) is 5.72 Å². The summed E-state index contributed by atoms with van der Waals surface area (Å²) in [6.07, 6.45) is 6.74. The van der Waals surface area contributed by atoms with E-state index in [1.165, 1.54) is 54.0 Å². The zero-order valence-corrected chi connectivity index (χ0v) is 17.0. The number of hydrogen-bond acceptors (Lipinski definition) is 4. The number of aryl methyl sites for hydroxylation is 1. The molecule has 0 fully saturated rings. The number of para-hydroxylation sites is 1. The van der Waals surface area contributed by atoms with Crippen molar-refractivity contribution in [2.75, 3.05) is 29.9 Å². The molecule has 0 N–H and O–H groups in total. The van der Waals surface area contributed by atoms with Gasteiger partial charge in [-0.2, -0.15) is 0 Å². The van der Waals surface area contributed by atoms with Crippen molar-refractivity contribution in [3.8, 4) is 5.75 Å². The highest BCUT2D eigenvalue weighted by atomic mass is 16.5. The van der Waals surface area contributed by atoms with Crippen LogP contribution >= 0.6 is 0 Å². The van der Waals surface area contributed by atoms with Crippen LogP contribution in [0.2, 0.25) is 0 Å². The van der Waals surface area contributed by atoms with E-state index in [0.717, 1.165) is 24.3 Å². The van der Waals surface area contributed by atoms with E-state index in [1.54, 1.807) is 0 Å². The van der Waals surface area contributed by atoms with Crippen LogP contribution in [0, 0.1) is 0 Å². The second kappa shape index (κ2) is 5.31. The van der Waals surface area contributed by atoms with E-state index in [2.05, 4.69) is 67.2 Å². The minimum absolute atomic E-state index is 0.198. The van der Waals surface area contributed by atoms with Crippen LogP contribution < -0.4 is 14.5 Å². The van der Waals surface area contributed by atoms with E-state index in [9.17, 15) is 0 Å². The summed E-state index contributed by atoms with van der Waals surface area (Å²) in [6, 6.07) is 10.9. The van der Waals surface area contributed by atoms with Crippen LogP contribution in [-0.4, -0.2) is 32.1 Å². The minimum Gasteiger partial charge on any atom is -0.459 e. The van der Waals surface area contributed by atoms with Crippen LogP contribution in [0.5, 0.6) is 5.75 Å². The maximum absolute atomic E-state index is 7.01. The van der Waals surface area contributed by atoms with Crippen molar-refractivity contribution in [1.82, 2.24) is 0 Å². The highest BCUT2D eigenvalue weighted by Gasteiger charge is 2.58. The standard InChI is InChI=1S/C24H27N3O/c1-23(2)18-10-4-5-11-20(18)26(3)24(23)15-25-19-14-16-8-6-12-27-13-7-9-17(21(16)27)22(19)28-24/h4-5,10-11,14-15H,6-9,12-13H2,1-3H3. The van der Waals surface area contributed by atoms with Crippen molar-refractivity contribution >= 4 is 23.3 Å². The van der Waals surface area contributed by atoms with E-state index in [0.29, 0.717) is 0 Å². The average molecular weight is 374 g/mol. The number of hydrogen-bond donors (Lipinski definition) is 0. The molecule has 0 aliphatic carbocycles. The summed E-state index contributed by atoms with van der Waals surface area (Å²) in [6.45, 7) is 6.90. The molecule has 4 aliphatic rings. The smallest absolute Gasteiger partial charge is 0.228 e. The molecule has 4 heteroatoms. The highest BCUT2D eigenvalue weighted by Crippen LogP contribution is 2.55. The fourth-order valence-corrected chi connectivity index (χ4v) is 5.89. The summed E-state index contributed by atoms with van der Waals surface area (Å²) >= 11 is 0. The van der Waals surface area contributed by atoms with Crippen LogP contribution in [-0.2, 0) is 18.3 Å². The number of ether oxygens (including phenoxy) is 1. The molecule has 1 spiro atoms. The molecule has 1 unspecified atom stereocenters. The predicted octanol–water partition coefficient (Wildman–Crippen LogP) is 4.60. The van der Waals surface area contributed by atoms with Crippen LogP contribution in [0.1, 0.15) is 43.4 Å². The Morgan fingerprint density at radius 2 is 1.86 bits per heavy atom. The largest absolute Gasteiger partial charge is 0.459 e. The van der Waals surface area contributed by atoms with Gasteiger partial charge in [-0.15, -0.1) is 0 Å². The molecule has 2 aromatic carbocycles. The third-order valence-corrected chi connectivity index (χ3v) is 7.42. The first-order valence-corrected chi connectivity index (χ1v) is 10.5. The zero-order chi connectivity index (χ0) is 19.1. The average Bonchev–Trinajstić information content (AvgIpc) is 2.88. The number of rotatable bonds is 0. The van der Waals surface area contributed by atoms with Gasteiger partial charge in [0.25, 0.3) is 0 Å². The van der Waals surface area contributed by atoms with Gasteiger partial charge in [0.05, 0.1) is 11.6 Å². The van der Waals surface area contributed by atoms with Crippen molar-refractivity contribution in [3.05, 3.63) is 47.0 Å². The van der Waals surface area contributed by atoms with E-state index in [1.807, 2.05) is 0 Å². The molecule has 144 valence electrons. The molecule has 1 atom stereocenters. The quantitative estimate of drug-likeness (QED) is 0.675. The number of likely N-dealkylation sites (N-methyl/N-ethyl adjacent to an activating group) is 1. The number of nitrogens with zero attached hydrogens (tertiary/aromatic N) is 3. The highest BCUT2D eigenvalue weighted by molar-refractivity contribution is 5.89. The van der Waals surface area contributed by atoms with E-state index in [-0.39, 0.29) is 5.41 Å². The Kier molecular flexibility index (Phi) is 3.12. The zero-order valence-electron chi connectivity index (χ0n) is 17.0. The van der Waals surface area contributed by atoms with E-state index < -0.39 is 5.72 Å². The van der Waals surface area contributed by atoms with Crippen molar-refractivity contribution in [2.24, 2.45) is 4.99 Å². The Balaban J connectivity index is 1.55. The molecular formula is C24H27N3O. The van der Waals surface area contributed by atoms with Crippen molar-refractivity contribution in [1.29, 1.82) is 0 Å². The lowest BCUT2D eigenvalue weighted by molar-refractivity contribution is 0.0812. The molecule has 6 rings (SSSR count). The summed E-state index contributed by atoms with van der Waals surface area (Å²) in [7, 11) is 2.14. The van der Waals surface area contributed by atoms with Gasteiger partial charge in [0, 0.05) is 37.1 Å². The number of aliphatic imine (C=N–C) groups is 1. The Morgan fingerprint density at radius 3 is 2.68 bits per heavy atom. The Hall–Kier alpha value is -2.49. The second-order valence-corrected chi connectivity index (χ2v) is 9.16. The van der Waals surface area contributed by atoms with Crippen molar-refractivity contribution < 1.29 is 4.74 Å². The lowest BCUT2D eigenvalue weighted by atomic mass is 9.77. The Labute approximate surface area is 166 Å². The lowest BCUT2D eigenvalue weighted by Gasteiger charge is -2.46. The van der Waals surface area contributed by atoms with Crippen LogP contribution in [0.3, 0.4) is 0 Å². The predicted molar refractivity (Wildman–Crippen MR) is 115 cm³/mol. The molecule has 0 radical (unpaired) electrons. The summed E-state index contributed by atoms with van der Waals surface area (Å²) in [5, 5.41) is 0. The first-order valence-electron chi connectivity index (χ1n) is 10.5. The topological polar surface area (TPSA) is 28.1 Å². The monoisotopic (exact) mass is 373 g/mol. The summed E-state index contributed by atoms with van der Waals surface area (Å²) in [4.78, 5) is 9.87. The maximum atomic E-state index is 7.01. The van der Waals surface area contributed by atoms with Gasteiger partial charge in [-0.25, -0.2) is 0 Å². The fraction of sp³-hybridized carbons (Fsp3) is 0.458. The van der Waals surface area contributed by atoms with E-state index >= 15 is 0 Å². The molecule has 0 bridgehead atoms. The van der Waals surface area contributed by atoms with Crippen molar-refractivity contribution in [2.45, 2.75) is 50.7 Å². The van der Waals surface area contributed by atoms with Gasteiger partial charge < -0.3 is 14.5 Å². The van der Waals surface area contributed by atoms with Crippen LogP contribution in [0.4, 0.5) is 17.1 Å². The summed E-state index contributed by atoms with van der Waals surface area (Å²) in [5.74, 6) is 1.01. The van der Waals surface area contributed by atoms with Gasteiger partial charge in [-0.1, -0.05) is 18.2 Å². The van der Waals surface area contributed by atoms with Gasteiger partial charge >= 0.3 is 0 Å². The van der Waals surface area contributed by atoms with Gasteiger partial charge in [-0.05, 0) is 62.8 Å². The summed E-state index contributed by atoms with van der Waals surface area (Å²) in [5.41, 5.74) is 7.06. The third kappa shape index (κ3) is 1.84. The molecule has 4 heterocycles. The Morgan fingerprint density at radius 1 is 1.07 bits per heavy atom. The molecular weight excluding hydrogens is 346 g/mol. The fourth-order valence-electron chi connectivity index (χ4n) is 5.89. The maximum Gasteiger partial charge on any atom is 0.228 e. The molecule has 28 heavy (non-hydrogen) atoms. The number of benzene rings is 2. The molecule has 0 saturated heterocycles.